The summed E-state index contributed by atoms with van der Waals surface area (Å²) in [7, 11) is 0. The summed E-state index contributed by atoms with van der Waals surface area (Å²) in [5.74, 6) is 0. The predicted octanol–water partition coefficient (Wildman–Crippen LogP) is -8.00. The van der Waals surface area contributed by atoms with Gasteiger partial charge < -0.3 is 94.0 Å². The lowest BCUT2D eigenvalue weighted by molar-refractivity contribution is -0.316. The molecule has 3 fully saturated rings. The maximum atomic E-state index is 11.6. The van der Waals surface area contributed by atoms with Crippen molar-refractivity contribution in [2.24, 2.45) is 28.7 Å². The topological polar surface area (TPSA) is 333 Å². The Morgan fingerprint density at radius 1 is 0.767 bits per heavy atom. The SMILES string of the molecule is NCCC(O)CN[C@@H]1C[C@H](O)[C@@H](CN)O[C@@H]1OC1[C@@H](N)C[C@@H](NCC(O)CN)[C@H](O[C@H]2O[C@H](CO)[C@@H](O)[C@H](N)[C@H]2O)[C@H]1O. The van der Waals surface area contributed by atoms with Crippen LogP contribution in [0.25, 0.3) is 0 Å². The summed E-state index contributed by atoms with van der Waals surface area (Å²) in [6, 6.07) is -3.31. The van der Waals surface area contributed by atoms with Gasteiger partial charge in [-0.3, -0.25) is 0 Å². The second-order valence-corrected chi connectivity index (χ2v) is 11.6. The maximum Gasteiger partial charge on any atom is 0.186 e. The summed E-state index contributed by atoms with van der Waals surface area (Å²) in [4.78, 5) is 0. The van der Waals surface area contributed by atoms with E-state index in [1.165, 1.54) is 0 Å². The van der Waals surface area contributed by atoms with Crippen LogP contribution in [-0.4, -0.2) is 173 Å². The van der Waals surface area contributed by atoms with E-state index in [-0.39, 0.29) is 45.6 Å². The number of nitrogens with two attached hydrogens (primary N) is 5. The molecule has 0 bridgehead atoms. The van der Waals surface area contributed by atoms with E-state index in [0.717, 1.165) is 0 Å². The Kier molecular flexibility index (Phi) is 14.8. The second kappa shape index (κ2) is 17.3. The fourth-order valence-corrected chi connectivity index (χ4v) is 5.69. The number of rotatable bonds is 15. The molecule has 0 aromatic rings. The van der Waals surface area contributed by atoms with Gasteiger partial charge in [-0.05, 0) is 25.8 Å². The molecule has 0 spiro atoms. The average molecular weight is 628 g/mol. The molecule has 0 aromatic heterocycles. The van der Waals surface area contributed by atoms with E-state index in [4.69, 9.17) is 47.6 Å². The van der Waals surface area contributed by atoms with Crippen molar-refractivity contribution in [3.05, 3.63) is 0 Å². The molecule has 254 valence electrons. The van der Waals surface area contributed by atoms with Gasteiger partial charge in [0.05, 0.1) is 43.1 Å². The molecule has 18 nitrogen and oxygen atoms in total. The molecule has 3 unspecified atom stereocenters. The van der Waals surface area contributed by atoms with E-state index in [9.17, 15) is 35.7 Å². The van der Waals surface area contributed by atoms with Crippen LogP contribution in [0.5, 0.6) is 0 Å². The van der Waals surface area contributed by atoms with Gasteiger partial charge in [-0.2, -0.15) is 0 Å². The van der Waals surface area contributed by atoms with E-state index in [1.54, 1.807) is 0 Å². The first-order valence-corrected chi connectivity index (χ1v) is 14.8. The van der Waals surface area contributed by atoms with Crippen LogP contribution in [0, 0.1) is 0 Å². The van der Waals surface area contributed by atoms with Crippen molar-refractivity contribution in [3.8, 4) is 0 Å². The Bertz CT molecular complexity index is 811. The zero-order valence-corrected chi connectivity index (χ0v) is 24.3. The maximum absolute atomic E-state index is 11.6. The number of hydrogen-bond donors (Lipinski definition) is 14. The van der Waals surface area contributed by atoms with Crippen molar-refractivity contribution in [1.82, 2.24) is 10.6 Å². The monoisotopic (exact) mass is 627 g/mol. The van der Waals surface area contributed by atoms with Crippen LogP contribution in [0.4, 0.5) is 0 Å². The molecule has 19 N–H and O–H groups in total. The Morgan fingerprint density at radius 2 is 1.40 bits per heavy atom. The molecule has 0 amide bonds. The molecule has 0 aromatic carbocycles. The minimum absolute atomic E-state index is 0.000936. The van der Waals surface area contributed by atoms with Gasteiger partial charge in [0.25, 0.3) is 0 Å². The van der Waals surface area contributed by atoms with Gasteiger partial charge in [0.2, 0.25) is 0 Å². The highest BCUT2D eigenvalue weighted by Gasteiger charge is 2.51. The Labute approximate surface area is 250 Å². The summed E-state index contributed by atoms with van der Waals surface area (Å²) < 4.78 is 23.8. The van der Waals surface area contributed by atoms with Crippen LogP contribution in [0.15, 0.2) is 0 Å². The van der Waals surface area contributed by atoms with Crippen molar-refractivity contribution in [1.29, 1.82) is 0 Å². The van der Waals surface area contributed by atoms with E-state index >= 15 is 0 Å². The normalized spacial score (nSPS) is 43.8. The first-order valence-electron chi connectivity index (χ1n) is 14.8. The first kappa shape index (κ1) is 36.7. The number of nitrogens with one attached hydrogen (secondary N) is 2. The molecule has 2 saturated heterocycles. The van der Waals surface area contributed by atoms with Crippen molar-refractivity contribution < 1.29 is 54.7 Å². The van der Waals surface area contributed by atoms with Crippen LogP contribution < -0.4 is 39.3 Å². The van der Waals surface area contributed by atoms with Gasteiger partial charge in [0.15, 0.2) is 12.6 Å². The van der Waals surface area contributed by atoms with Gasteiger partial charge >= 0.3 is 0 Å². The number of aliphatic hydroxyl groups excluding tert-OH is 7. The van der Waals surface area contributed by atoms with Crippen molar-refractivity contribution in [2.45, 2.75) is 117 Å². The van der Waals surface area contributed by atoms with Gasteiger partial charge in [0.1, 0.15) is 36.6 Å². The summed E-state index contributed by atoms with van der Waals surface area (Å²) in [6.07, 6.45) is -12.9. The lowest BCUT2D eigenvalue weighted by atomic mass is 9.83. The minimum atomic E-state index is -1.52. The fraction of sp³-hybridized carbons (Fsp3) is 1.00. The fourth-order valence-electron chi connectivity index (χ4n) is 5.69. The molecule has 3 rings (SSSR count). The highest BCUT2D eigenvalue weighted by atomic mass is 16.7. The van der Waals surface area contributed by atoms with Crippen LogP contribution in [-0.2, 0) is 18.9 Å². The Hall–Kier alpha value is -0.720. The summed E-state index contributed by atoms with van der Waals surface area (Å²) >= 11 is 0. The third-order valence-electron chi connectivity index (χ3n) is 8.34. The third-order valence-corrected chi connectivity index (χ3v) is 8.34. The Morgan fingerprint density at radius 3 is 2.02 bits per heavy atom. The molecular formula is C25H53N7O11. The average Bonchev–Trinajstić information content (AvgIpc) is 2.99. The number of hydrogen-bond acceptors (Lipinski definition) is 18. The van der Waals surface area contributed by atoms with Gasteiger partial charge in [0, 0.05) is 38.3 Å². The van der Waals surface area contributed by atoms with Gasteiger partial charge in [-0.1, -0.05) is 0 Å². The summed E-state index contributed by atoms with van der Waals surface area (Å²) in [5, 5.41) is 79.1. The largest absolute Gasteiger partial charge is 0.394 e. The molecule has 1 saturated carbocycles. The quantitative estimate of drug-likeness (QED) is 0.0801. The lowest BCUT2D eigenvalue weighted by Gasteiger charge is -2.49. The molecule has 2 heterocycles. The highest BCUT2D eigenvalue weighted by Crippen LogP contribution is 2.32. The smallest absolute Gasteiger partial charge is 0.186 e. The number of ether oxygens (including phenoxy) is 4. The molecule has 0 radical (unpaired) electrons. The van der Waals surface area contributed by atoms with Crippen LogP contribution in [0.1, 0.15) is 19.3 Å². The van der Waals surface area contributed by atoms with Crippen molar-refractivity contribution in [3.63, 3.8) is 0 Å². The lowest BCUT2D eigenvalue weighted by Crippen LogP contribution is -2.69. The molecular weight excluding hydrogens is 574 g/mol. The van der Waals surface area contributed by atoms with E-state index < -0.39 is 104 Å². The zero-order valence-electron chi connectivity index (χ0n) is 24.3. The molecule has 2 aliphatic heterocycles. The van der Waals surface area contributed by atoms with E-state index in [2.05, 4.69) is 10.6 Å². The minimum Gasteiger partial charge on any atom is -0.394 e. The van der Waals surface area contributed by atoms with E-state index in [0.29, 0.717) is 6.42 Å². The zero-order chi connectivity index (χ0) is 31.8. The van der Waals surface area contributed by atoms with Crippen LogP contribution in [0.2, 0.25) is 0 Å². The number of aliphatic hydroxyl groups is 7. The molecule has 43 heavy (non-hydrogen) atoms. The first-order chi connectivity index (χ1) is 20.4. The standard InChI is InChI=1S/C25H53N7O11/c26-2-1-10(34)7-32-14-4-15(36)16(6-28)40-24(14)42-22-12(29)3-13(31-8-11(35)5-27)23(21(22)39)43-25-20(38)18(30)19(37)17(9-33)41-25/h10-25,31-39H,1-9,26-30H2/t10?,11?,12-,13+,14+,15-,16+,17+,18-,19+,20+,21-,22?,23-,24+,25+/m0/s1. The Balaban J connectivity index is 1.82. The van der Waals surface area contributed by atoms with E-state index in [1.807, 2.05) is 0 Å². The second-order valence-electron chi connectivity index (χ2n) is 11.6. The summed E-state index contributed by atoms with van der Waals surface area (Å²) in [5.41, 5.74) is 29.3. The van der Waals surface area contributed by atoms with Crippen LogP contribution in [0.3, 0.4) is 0 Å². The van der Waals surface area contributed by atoms with Crippen molar-refractivity contribution >= 4 is 0 Å². The van der Waals surface area contributed by atoms with Gasteiger partial charge in [-0.15, -0.1) is 0 Å². The third kappa shape index (κ3) is 9.41. The highest BCUT2D eigenvalue weighted by molar-refractivity contribution is 5.02. The summed E-state index contributed by atoms with van der Waals surface area (Å²) in [6.45, 7) is -0.165. The molecule has 16 atom stereocenters. The van der Waals surface area contributed by atoms with Crippen LogP contribution >= 0.6 is 0 Å². The predicted molar refractivity (Wildman–Crippen MR) is 151 cm³/mol. The molecule has 18 heteroatoms. The van der Waals surface area contributed by atoms with Gasteiger partial charge in [-0.25, -0.2) is 0 Å². The molecule has 3 aliphatic rings. The van der Waals surface area contributed by atoms with Crippen molar-refractivity contribution in [2.75, 3.05) is 39.3 Å². The molecule has 1 aliphatic carbocycles.